The van der Waals surface area contributed by atoms with Crippen molar-refractivity contribution in [2.24, 2.45) is 0 Å². The Morgan fingerprint density at radius 2 is 2.17 bits per heavy atom. The highest BCUT2D eigenvalue weighted by Crippen LogP contribution is 2.37. The minimum atomic E-state index is -0.470. The monoisotopic (exact) mass is 299 g/mol. The summed E-state index contributed by atoms with van der Waals surface area (Å²) in [6, 6.07) is 7.18. The molecule has 1 atom stereocenters. The molecule has 1 N–H and O–H groups in total. The molecule has 18 heavy (non-hydrogen) atoms. The van der Waals surface area contributed by atoms with Gasteiger partial charge < -0.3 is 4.42 Å². The van der Waals surface area contributed by atoms with Crippen molar-refractivity contribution in [3.63, 3.8) is 0 Å². The molecule has 0 saturated heterocycles. The van der Waals surface area contributed by atoms with Crippen LogP contribution in [0.2, 0.25) is 5.02 Å². The van der Waals surface area contributed by atoms with Crippen molar-refractivity contribution in [3.8, 4) is 0 Å². The standard InChI is InChI=1S/C12H7Cl2NO2S/c13-7-3-4-18-11(7)10(14)6-1-2-8-9(5-6)17-12(16)15-8/h1-5,10H,(H,15,16). The molecule has 92 valence electrons. The number of rotatable bonds is 2. The van der Waals surface area contributed by atoms with Gasteiger partial charge in [-0.2, -0.15) is 0 Å². The SMILES string of the molecule is O=c1[nH]c2ccc(C(Cl)c3sccc3Cl)cc2o1. The van der Waals surface area contributed by atoms with Crippen molar-refractivity contribution in [1.82, 2.24) is 4.98 Å². The number of halogens is 2. The van der Waals surface area contributed by atoms with Gasteiger partial charge in [-0.25, -0.2) is 4.79 Å². The van der Waals surface area contributed by atoms with Crippen LogP contribution < -0.4 is 5.76 Å². The first-order chi connectivity index (χ1) is 8.65. The van der Waals surface area contributed by atoms with E-state index in [1.165, 1.54) is 11.3 Å². The van der Waals surface area contributed by atoms with E-state index in [-0.39, 0.29) is 5.38 Å². The highest BCUT2D eigenvalue weighted by Gasteiger charge is 2.16. The number of benzene rings is 1. The molecular formula is C12H7Cl2NO2S. The number of hydrogen-bond acceptors (Lipinski definition) is 3. The molecule has 0 aliphatic carbocycles. The first kappa shape index (κ1) is 11.8. The van der Waals surface area contributed by atoms with Gasteiger partial charge in [-0.1, -0.05) is 17.7 Å². The number of thiophene rings is 1. The average molecular weight is 300 g/mol. The van der Waals surface area contributed by atoms with Gasteiger partial charge in [0.05, 0.1) is 15.9 Å². The number of oxazole rings is 1. The fraction of sp³-hybridized carbons (Fsp3) is 0.0833. The second-order valence-corrected chi connectivity index (χ2v) is 5.56. The van der Waals surface area contributed by atoms with Gasteiger partial charge in [0.15, 0.2) is 5.58 Å². The third kappa shape index (κ3) is 1.96. The molecule has 2 aromatic heterocycles. The molecule has 3 nitrogen and oxygen atoms in total. The molecule has 3 aromatic rings. The number of nitrogens with one attached hydrogen (secondary N) is 1. The predicted octanol–water partition coefficient (Wildman–Crippen LogP) is 4.16. The molecule has 2 heterocycles. The molecule has 0 aliphatic heterocycles. The van der Waals surface area contributed by atoms with E-state index in [1.54, 1.807) is 12.1 Å². The topological polar surface area (TPSA) is 46.0 Å². The summed E-state index contributed by atoms with van der Waals surface area (Å²) in [5, 5.41) is 2.19. The van der Waals surface area contributed by atoms with E-state index < -0.39 is 5.76 Å². The molecule has 0 spiro atoms. The molecule has 3 rings (SSSR count). The summed E-state index contributed by atoms with van der Waals surface area (Å²) in [6.45, 7) is 0. The summed E-state index contributed by atoms with van der Waals surface area (Å²) in [5.41, 5.74) is 2.00. The summed E-state index contributed by atoms with van der Waals surface area (Å²) >= 11 is 13.9. The van der Waals surface area contributed by atoms with Gasteiger partial charge in [0.2, 0.25) is 0 Å². The lowest BCUT2D eigenvalue weighted by atomic mass is 10.1. The Bertz CT molecular complexity index is 759. The van der Waals surface area contributed by atoms with Crippen molar-refractivity contribution in [2.45, 2.75) is 5.38 Å². The lowest BCUT2D eigenvalue weighted by Gasteiger charge is -2.08. The van der Waals surface area contributed by atoms with Crippen LogP contribution in [0.3, 0.4) is 0 Å². The summed E-state index contributed by atoms with van der Waals surface area (Å²) in [6.07, 6.45) is 0. The zero-order valence-electron chi connectivity index (χ0n) is 8.94. The molecule has 1 unspecified atom stereocenters. The maximum Gasteiger partial charge on any atom is 0.417 e. The number of aromatic nitrogens is 1. The molecule has 1 aromatic carbocycles. The smallest absolute Gasteiger partial charge is 0.408 e. The molecule has 0 saturated carbocycles. The van der Waals surface area contributed by atoms with E-state index in [1.807, 2.05) is 17.5 Å². The largest absolute Gasteiger partial charge is 0.417 e. The zero-order valence-corrected chi connectivity index (χ0v) is 11.3. The highest BCUT2D eigenvalue weighted by molar-refractivity contribution is 7.11. The van der Waals surface area contributed by atoms with Crippen LogP contribution in [0, 0.1) is 0 Å². The van der Waals surface area contributed by atoms with Gasteiger partial charge in [0, 0.05) is 4.88 Å². The van der Waals surface area contributed by atoms with Gasteiger partial charge in [-0.15, -0.1) is 22.9 Å². The molecule has 0 bridgehead atoms. The second kappa shape index (κ2) is 4.46. The third-order valence-corrected chi connectivity index (χ3v) is 4.64. The van der Waals surface area contributed by atoms with Crippen LogP contribution in [-0.4, -0.2) is 4.98 Å². The number of aromatic amines is 1. The Morgan fingerprint density at radius 1 is 1.33 bits per heavy atom. The first-order valence-corrected chi connectivity index (χ1v) is 6.84. The normalized spacial score (nSPS) is 13.0. The Labute approximate surface area is 116 Å². The van der Waals surface area contributed by atoms with Gasteiger partial charge in [-0.3, -0.25) is 4.98 Å². The van der Waals surface area contributed by atoms with Crippen LogP contribution in [0.4, 0.5) is 0 Å². The lowest BCUT2D eigenvalue weighted by molar-refractivity contribution is 0.555. The Morgan fingerprint density at radius 3 is 2.89 bits per heavy atom. The van der Waals surface area contributed by atoms with Gasteiger partial charge in [0.1, 0.15) is 0 Å². The van der Waals surface area contributed by atoms with E-state index in [2.05, 4.69) is 4.98 Å². The molecule has 0 aliphatic rings. The van der Waals surface area contributed by atoms with Crippen LogP contribution in [0.1, 0.15) is 15.8 Å². The summed E-state index contributed by atoms with van der Waals surface area (Å²) in [4.78, 5) is 14.5. The molecule has 0 radical (unpaired) electrons. The Balaban J connectivity index is 2.09. The van der Waals surface area contributed by atoms with E-state index in [4.69, 9.17) is 27.6 Å². The van der Waals surface area contributed by atoms with E-state index in [0.29, 0.717) is 16.1 Å². The van der Waals surface area contributed by atoms with E-state index >= 15 is 0 Å². The minimum Gasteiger partial charge on any atom is -0.408 e. The molecule has 6 heteroatoms. The van der Waals surface area contributed by atoms with Gasteiger partial charge >= 0.3 is 5.76 Å². The number of hydrogen-bond donors (Lipinski definition) is 1. The predicted molar refractivity (Wildman–Crippen MR) is 73.9 cm³/mol. The zero-order chi connectivity index (χ0) is 12.7. The van der Waals surface area contributed by atoms with Crippen LogP contribution in [0.5, 0.6) is 0 Å². The second-order valence-electron chi connectivity index (χ2n) is 3.77. The third-order valence-electron chi connectivity index (χ3n) is 2.61. The lowest BCUT2D eigenvalue weighted by Crippen LogP contribution is -1.92. The fourth-order valence-electron chi connectivity index (χ4n) is 1.76. The van der Waals surface area contributed by atoms with Crippen molar-refractivity contribution in [1.29, 1.82) is 0 Å². The Kier molecular flexibility index (Phi) is 2.93. The van der Waals surface area contributed by atoms with E-state index in [0.717, 1.165) is 10.4 Å². The van der Waals surface area contributed by atoms with E-state index in [9.17, 15) is 4.79 Å². The van der Waals surface area contributed by atoms with Crippen molar-refractivity contribution in [2.75, 3.05) is 0 Å². The van der Waals surface area contributed by atoms with Crippen LogP contribution in [-0.2, 0) is 0 Å². The maximum absolute atomic E-state index is 11.1. The van der Waals surface area contributed by atoms with Gasteiger partial charge in [0.25, 0.3) is 0 Å². The number of fused-ring (bicyclic) bond motifs is 1. The highest BCUT2D eigenvalue weighted by atomic mass is 35.5. The average Bonchev–Trinajstić information content (AvgIpc) is 2.91. The minimum absolute atomic E-state index is 0.345. The number of alkyl halides is 1. The van der Waals surface area contributed by atoms with Crippen molar-refractivity contribution < 1.29 is 4.42 Å². The maximum atomic E-state index is 11.1. The Hall–Kier alpha value is -1.23. The van der Waals surface area contributed by atoms with Crippen LogP contribution >= 0.6 is 34.5 Å². The van der Waals surface area contributed by atoms with Crippen molar-refractivity contribution in [3.05, 3.63) is 55.7 Å². The summed E-state index contributed by atoms with van der Waals surface area (Å²) < 4.78 is 5.01. The first-order valence-electron chi connectivity index (χ1n) is 5.15. The molecule has 0 amide bonds. The summed E-state index contributed by atoms with van der Waals surface area (Å²) in [7, 11) is 0. The quantitative estimate of drug-likeness (QED) is 0.722. The summed E-state index contributed by atoms with van der Waals surface area (Å²) in [5.74, 6) is -0.470. The van der Waals surface area contributed by atoms with Gasteiger partial charge in [-0.05, 0) is 29.1 Å². The van der Waals surface area contributed by atoms with Crippen LogP contribution in [0.25, 0.3) is 11.1 Å². The molecule has 0 fully saturated rings. The fourth-order valence-corrected chi connectivity index (χ4v) is 3.39. The number of H-pyrrole nitrogens is 1. The molecular weight excluding hydrogens is 293 g/mol. The van der Waals surface area contributed by atoms with Crippen molar-refractivity contribution >= 4 is 45.6 Å². The van der Waals surface area contributed by atoms with Crippen LogP contribution in [0.15, 0.2) is 38.9 Å².